The number of carbonyl (C=O) groups is 2. The van der Waals surface area contributed by atoms with Gasteiger partial charge in [-0.25, -0.2) is 0 Å². The van der Waals surface area contributed by atoms with Gasteiger partial charge in [-0.2, -0.15) is 0 Å². The fourth-order valence-corrected chi connectivity index (χ4v) is 3.51. The summed E-state index contributed by atoms with van der Waals surface area (Å²) in [7, 11) is 5.23. The van der Waals surface area contributed by atoms with Crippen molar-refractivity contribution in [1.82, 2.24) is 15.5 Å². The van der Waals surface area contributed by atoms with E-state index in [9.17, 15) is 9.59 Å². The number of aliphatic imine (C=N–C) groups is 1. The van der Waals surface area contributed by atoms with Gasteiger partial charge in [0.15, 0.2) is 12.6 Å². The number of halogens is 1. The van der Waals surface area contributed by atoms with E-state index in [2.05, 4.69) is 15.6 Å². The number of rotatable bonds is 8. The fourth-order valence-electron chi connectivity index (χ4n) is 3.51. The second-order valence-electron chi connectivity index (χ2n) is 7.73. The van der Waals surface area contributed by atoms with Crippen LogP contribution < -0.4 is 20.3 Å². The van der Waals surface area contributed by atoms with Crippen molar-refractivity contribution in [2.45, 2.75) is 12.8 Å². The molecule has 0 saturated heterocycles. The van der Waals surface area contributed by atoms with Crippen LogP contribution in [0.5, 0.6) is 5.75 Å². The lowest BCUT2D eigenvalue weighted by molar-refractivity contribution is -0.121. The first-order chi connectivity index (χ1) is 15.5. The summed E-state index contributed by atoms with van der Waals surface area (Å²) in [4.78, 5) is 32.0. The molecule has 0 atom stereocenters. The van der Waals surface area contributed by atoms with E-state index in [4.69, 9.17) is 4.74 Å². The van der Waals surface area contributed by atoms with Gasteiger partial charge in [0.2, 0.25) is 0 Å². The molecule has 0 unspecified atom stereocenters. The van der Waals surface area contributed by atoms with Crippen LogP contribution in [0.3, 0.4) is 0 Å². The molecule has 0 spiro atoms. The third-order valence-corrected chi connectivity index (χ3v) is 5.17. The summed E-state index contributed by atoms with van der Waals surface area (Å²) < 4.78 is 5.48. The van der Waals surface area contributed by atoms with Crippen molar-refractivity contribution in [1.29, 1.82) is 0 Å². The Balaban J connectivity index is 0.00000385. The molecular formula is C24H32IN5O3. The predicted molar refractivity (Wildman–Crippen MR) is 142 cm³/mol. The maximum Gasteiger partial charge on any atom is 0.265 e. The molecule has 1 aliphatic heterocycles. The van der Waals surface area contributed by atoms with Crippen LogP contribution in [0.1, 0.15) is 22.3 Å². The van der Waals surface area contributed by atoms with Gasteiger partial charge in [-0.3, -0.25) is 14.6 Å². The standard InChI is InChI=1S/C24H31N5O3.HI/c1-25-24(27-14-12-18-8-6-9-19(16-18)23(31)28(2)3)26-13-7-15-29-20-10-4-5-11-21(20)32-17-22(29)30;/h4-6,8-11,16H,7,12-15,17H2,1-3H3,(H2,25,26,27);1H. The average molecular weight is 565 g/mol. The van der Waals surface area contributed by atoms with Crippen molar-refractivity contribution in [3.8, 4) is 5.75 Å². The van der Waals surface area contributed by atoms with Gasteiger partial charge in [-0.1, -0.05) is 24.3 Å². The number of amides is 2. The molecule has 0 fully saturated rings. The van der Waals surface area contributed by atoms with Crippen molar-refractivity contribution in [3.63, 3.8) is 0 Å². The Kier molecular flexibility index (Phi) is 10.4. The molecule has 2 amide bonds. The molecular weight excluding hydrogens is 533 g/mol. The number of benzene rings is 2. The van der Waals surface area contributed by atoms with E-state index in [-0.39, 0.29) is 42.4 Å². The highest BCUT2D eigenvalue weighted by Crippen LogP contribution is 2.31. The molecule has 8 nitrogen and oxygen atoms in total. The minimum Gasteiger partial charge on any atom is -0.482 e. The van der Waals surface area contributed by atoms with Crippen molar-refractivity contribution in [3.05, 3.63) is 59.7 Å². The number of guanidine groups is 1. The van der Waals surface area contributed by atoms with Gasteiger partial charge in [0.25, 0.3) is 11.8 Å². The summed E-state index contributed by atoms with van der Waals surface area (Å²) in [6, 6.07) is 15.3. The number of fused-ring (bicyclic) bond motifs is 1. The third-order valence-electron chi connectivity index (χ3n) is 5.17. The van der Waals surface area contributed by atoms with Gasteiger partial charge in [0.05, 0.1) is 5.69 Å². The van der Waals surface area contributed by atoms with Crippen molar-refractivity contribution >= 4 is 47.4 Å². The zero-order valence-corrected chi connectivity index (χ0v) is 21.7. The molecule has 3 rings (SSSR count). The number of ether oxygens (including phenoxy) is 1. The Labute approximate surface area is 212 Å². The number of hydrogen-bond donors (Lipinski definition) is 2. The quantitative estimate of drug-likeness (QED) is 0.223. The fraction of sp³-hybridized carbons (Fsp3) is 0.375. The number of para-hydroxylation sites is 2. The van der Waals surface area contributed by atoms with Crippen molar-refractivity contribution in [2.75, 3.05) is 52.3 Å². The van der Waals surface area contributed by atoms with Gasteiger partial charge in [0.1, 0.15) is 5.75 Å². The average Bonchev–Trinajstić information content (AvgIpc) is 2.81. The van der Waals surface area contributed by atoms with Gasteiger partial charge in [0, 0.05) is 46.3 Å². The van der Waals surface area contributed by atoms with E-state index in [1.165, 1.54) is 0 Å². The Morgan fingerprint density at radius 3 is 2.64 bits per heavy atom. The summed E-state index contributed by atoms with van der Waals surface area (Å²) >= 11 is 0. The van der Waals surface area contributed by atoms with Crippen LogP contribution in [0.15, 0.2) is 53.5 Å². The largest absolute Gasteiger partial charge is 0.482 e. The van der Waals surface area contributed by atoms with Gasteiger partial charge in [-0.15, -0.1) is 24.0 Å². The SMILES string of the molecule is CN=C(NCCCN1C(=O)COc2ccccc21)NCCc1cccc(C(=O)N(C)C)c1.I. The minimum absolute atomic E-state index is 0. The highest BCUT2D eigenvalue weighted by atomic mass is 127. The van der Waals surface area contributed by atoms with Crippen LogP contribution in [0.2, 0.25) is 0 Å². The first kappa shape index (κ1) is 26.4. The highest BCUT2D eigenvalue weighted by Gasteiger charge is 2.24. The zero-order chi connectivity index (χ0) is 22.9. The maximum absolute atomic E-state index is 12.2. The molecule has 0 saturated carbocycles. The van der Waals surface area contributed by atoms with Gasteiger partial charge < -0.3 is 25.2 Å². The number of hydrogen-bond acceptors (Lipinski definition) is 4. The first-order valence-electron chi connectivity index (χ1n) is 10.8. The Morgan fingerprint density at radius 2 is 1.88 bits per heavy atom. The highest BCUT2D eigenvalue weighted by molar-refractivity contribution is 14.0. The molecule has 33 heavy (non-hydrogen) atoms. The summed E-state index contributed by atoms with van der Waals surface area (Å²) in [5.41, 5.74) is 2.60. The van der Waals surface area contributed by atoms with Gasteiger partial charge >= 0.3 is 0 Å². The van der Waals surface area contributed by atoms with Crippen molar-refractivity contribution in [2.24, 2.45) is 4.99 Å². The summed E-state index contributed by atoms with van der Waals surface area (Å²) in [5.74, 6) is 1.42. The summed E-state index contributed by atoms with van der Waals surface area (Å²) in [6.45, 7) is 2.05. The van der Waals surface area contributed by atoms with E-state index >= 15 is 0 Å². The molecule has 2 N–H and O–H groups in total. The Morgan fingerprint density at radius 1 is 1.12 bits per heavy atom. The molecule has 178 valence electrons. The normalized spacial score (nSPS) is 12.9. The number of anilines is 1. The molecule has 0 aromatic heterocycles. The lowest BCUT2D eigenvalue weighted by Gasteiger charge is -2.29. The molecule has 2 aromatic carbocycles. The topological polar surface area (TPSA) is 86.3 Å². The molecule has 2 aromatic rings. The lowest BCUT2D eigenvalue weighted by atomic mass is 10.1. The van der Waals surface area contributed by atoms with Crippen molar-refractivity contribution < 1.29 is 14.3 Å². The Hall–Kier alpha value is -2.82. The van der Waals surface area contributed by atoms with Crippen LogP contribution in [-0.4, -0.2) is 70.1 Å². The second-order valence-corrected chi connectivity index (χ2v) is 7.73. The summed E-state index contributed by atoms with van der Waals surface area (Å²) in [6.07, 6.45) is 1.55. The zero-order valence-electron chi connectivity index (χ0n) is 19.3. The minimum atomic E-state index is -0.0267. The summed E-state index contributed by atoms with van der Waals surface area (Å²) in [5, 5.41) is 6.58. The number of carbonyl (C=O) groups excluding carboxylic acids is 2. The Bertz CT molecular complexity index is 980. The predicted octanol–water partition coefficient (Wildman–Crippen LogP) is 2.53. The molecule has 1 aliphatic rings. The maximum atomic E-state index is 12.2. The van der Waals surface area contributed by atoms with Gasteiger partial charge in [-0.05, 0) is 42.7 Å². The van der Waals surface area contributed by atoms with E-state index in [1.54, 1.807) is 30.9 Å². The molecule has 0 aliphatic carbocycles. The molecule has 1 heterocycles. The molecule has 0 radical (unpaired) electrons. The lowest BCUT2D eigenvalue weighted by Crippen LogP contribution is -2.42. The van der Waals surface area contributed by atoms with Crippen LogP contribution >= 0.6 is 24.0 Å². The monoisotopic (exact) mass is 565 g/mol. The van der Waals surface area contributed by atoms with Crippen LogP contribution in [0.25, 0.3) is 0 Å². The number of nitrogens with zero attached hydrogens (tertiary/aromatic N) is 3. The van der Waals surface area contributed by atoms with E-state index in [1.807, 2.05) is 48.5 Å². The first-order valence-corrected chi connectivity index (χ1v) is 10.8. The molecule has 9 heteroatoms. The van der Waals surface area contributed by atoms with E-state index < -0.39 is 0 Å². The third kappa shape index (κ3) is 7.34. The molecule has 0 bridgehead atoms. The van der Waals surface area contributed by atoms with E-state index in [0.717, 1.165) is 29.8 Å². The van der Waals surface area contributed by atoms with E-state index in [0.29, 0.717) is 31.2 Å². The van der Waals surface area contributed by atoms with Crippen LogP contribution in [0.4, 0.5) is 5.69 Å². The second kappa shape index (κ2) is 13.0. The smallest absolute Gasteiger partial charge is 0.265 e. The van der Waals surface area contributed by atoms with Crippen LogP contribution in [0, 0.1) is 0 Å². The van der Waals surface area contributed by atoms with Crippen LogP contribution in [-0.2, 0) is 11.2 Å². The number of nitrogens with one attached hydrogen (secondary N) is 2.